The van der Waals surface area contributed by atoms with Gasteiger partial charge in [0.15, 0.2) is 5.03 Å². The number of unbranched alkanes of at least 4 members (excludes halogenated alkanes) is 2. The molecule has 9 heteroatoms. The zero-order valence-electron chi connectivity index (χ0n) is 16.5. The molecule has 8 nitrogen and oxygen atoms in total. The second kappa shape index (κ2) is 11.2. The lowest BCUT2D eigenvalue weighted by molar-refractivity contribution is -0.0637. The predicted octanol–water partition coefficient (Wildman–Crippen LogP) is 2.35. The SMILES string of the molecule is CCCCCN(C(=O)O[C@H](O)CNS(=O)(=O)c1ccccn1)C(C)C(C)C. The Labute approximate surface area is 162 Å². The fourth-order valence-electron chi connectivity index (χ4n) is 2.34. The highest BCUT2D eigenvalue weighted by atomic mass is 32.2. The van der Waals surface area contributed by atoms with Crippen LogP contribution in [0.3, 0.4) is 0 Å². The van der Waals surface area contributed by atoms with Gasteiger partial charge in [-0.25, -0.2) is 22.9 Å². The van der Waals surface area contributed by atoms with Gasteiger partial charge >= 0.3 is 6.09 Å². The third-order valence-corrected chi connectivity index (χ3v) is 5.63. The van der Waals surface area contributed by atoms with E-state index < -0.39 is 29.0 Å². The number of carbonyl (C=O) groups is 1. The Morgan fingerprint density at radius 3 is 2.56 bits per heavy atom. The van der Waals surface area contributed by atoms with Crippen LogP contribution in [0.5, 0.6) is 0 Å². The average Bonchev–Trinajstić information content (AvgIpc) is 2.63. The molecule has 0 spiro atoms. The monoisotopic (exact) mass is 401 g/mol. The Balaban J connectivity index is 2.64. The Morgan fingerprint density at radius 2 is 2.00 bits per heavy atom. The van der Waals surface area contributed by atoms with Gasteiger partial charge in [-0.05, 0) is 31.4 Å². The van der Waals surface area contributed by atoms with E-state index in [0.29, 0.717) is 6.54 Å². The summed E-state index contributed by atoms with van der Waals surface area (Å²) in [5, 5.41) is 9.79. The van der Waals surface area contributed by atoms with E-state index in [1.165, 1.54) is 12.3 Å². The van der Waals surface area contributed by atoms with Crippen molar-refractivity contribution in [1.82, 2.24) is 14.6 Å². The maximum Gasteiger partial charge on any atom is 0.412 e. The molecule has 0 saturated heterocycles. The minimum atomic E-state index is -3.88. The van der Waals surface area contributed by atoms with Crippen molar-refractivity contribution in [2.75, 3.05) is 13.1 Å². The van der Waals surface area contributed by atoms with Crippen molar-refractivity contribution in [3.8, 4) is 0 Å². The normalized spacial score (nSPS) is 14.0. The molecule has 2 atom stereocenters. The van der Waals surface area contributed by atoms with Crippen LogP contribution >= 0.6 is 0 Å². The van der Waals surface area contributed by atoms with Crippen molar-refractivity contribution >= 4 is 16.1 Å². The third kappa shape index (κ3) is 7.82. The van der Waals surface area contributed by atoms with Crippen LogP contribution in [0.25, 0.3) is 0 Å². The Bertz CT molecular complexity index is 667. The van der Waals surface area contributed by atoms with Crippen LogP contribution in [0.2, 0.25) is 0 Å². The zero-order valence-corrected chi connectivity index (χ0v) is 17.3. The molecule has 1 aromatic rings. The molecule has 0 aromatic carbocycles. The number of ether oxygens (including phenoxy) is 1. The van der Waals surface area contributed by atoms with Gasteiger partial charge < -0.3 is 14.7 Å². The fourth-order valence-corrected chi connectivity index (χ4v) is 3.31. The first-order valence-corrected chi connectivity index (χ1v) is 10.7. The van der Waals surface area contributed by atoms with E-state index >= 15 is 0 Å². The molecule has 1 amide bonds. The molecule has 0 aliphatic heterocycles. The van der Waals surface area contributed by atoms with Gasteiger partial charge in [0.05, 0.1) is 6.54 Å². The number of rotatable bonds is 11. The van der Waals surface area contributed by atoms with E-state index in [2.05, 4.69) is 16.6 Å². The Morgan fingerprint density at radius 1 is 1.30 bits per heavy atom. The smallest absolute Gasteiger partial charge is 0.412 e. The molecule has 0 fully saturated rings. The number of nitrogens with one attached hydrogen (secondary N) is 1. The molecule has 0 bridgehead atoms. The summed E-state index contributed by atoms with van der Waals surface area (Å²) in [6, 6.07) is 4.41. The third-order valence-electron chi connectivity index (χ3n) is 4.29. The molecule has 0 saturated carbocycles. The van der Waals surface area contributed by atoms with Gasteiger partial charge in [0.25, 0.3) is 10.0 Å². The van der Waals surface area contributed by atoms with Crippen LogP contribution in [0.15, 0.2) is 29.4 Å². The van der Waals surface area contributed by atoms with Gasteiger partial charge in [0, 0.05) is 18.8 Å². The van der Waals surface area contributed by atoms with Crippen LogP contribution < -0.4 is 4.72 Å². The molecule has 1 heterocycles. The summed E-state index contributed by atoms with van der Waals surface area (Å²) in [4.78, 5) is 17.8. The quantitative estimate of drug-likeness (QED) is 0.435. The topological polar surface area (TPSA) is 109 Å². The number of nitrogens with zero attached hydrogens (tertiary/aromatic N) is 2. The molecule has 0 aliphatic rings. The Hall–Kier alpha value is -1.71. The number of aliphatic hydroxyl groups excluding tert-OH is 1. The predicted molar refractivity (Wildman–Crippen MR) is 102 cm³/mol. The molecule has 0 aliphatic carbocycles. The van der Waals surface area contributed by atoms with Crippen LogP contribution in [0.4, 0.5) is 4.79 Å². The lowest BCUT2D eigenvalue weighted by atomic mass is 10.0. The highest BCUT2D eigenvalue weighted by Crippen LogP contribution is 2.14. The summed E-state index contributed by atoms with van der Waals surface area (Å²) in [7, 11) is -3.88. The molecule has 154 valence electrons. The number of aliphatic hydroxyl groups is 1. The molecule has 2 N–H and O–H groups in total. The van der Waals surface area contributed by atoms with Crippen LogP contribution in [0, 0.1) is 5.92 Å². The summed E-state index contributed by atoms with van der Waals surface area (Å²) < 4.78 is 31.4. The summed E-state index contributed by atoms with van der Waals surface area (Å²) in [5.74, 6) is 0.221. The van der Waals surface area contributed by atoms with Crippen molar-refractivity contribution in [2.45, 2.75) is 64.3 Å². The molecular weight excluding hydrogens is 370 g/mol. The maximum absolute atomic E-state index is 12.4. The molecule has 1 aromatic heterocycles. The van der Waals surface area contributed by atoms with Gasteiger partial charge in [-0.3, -0.25) is 0 Å². The summed E-state index contributed by atoms with van der Waals surface area (Å²) >= 11 is 0. The van der Waals surface area contributed by atoms with E-state index in [-0.39, 0.29) is 17.0 Å². The van der Waals surface area contributed by atoms with Crippen molar-refractivity contribution in [3.63, 3.8) is 0 Å². The van der Waals surface area contributed by atoms with Crippen LogP contribution in [0.1, 0.15) is 47.0 Å². The molecular formula is C18H31N3O5S. The lowest BCUT2D eigenvalue weighted by Gasteiger charge is -2.31. The number of pyridine rings is 1. The number of amides is 1. The number of carbonyl (C=O) groups excluding carboxylic acids is 1. The zero-order chi connectivity index (χ0) is 20.4. The van der Waals surface area contributed by atoms with Crippen molar-refractivity contribution in [1.29, 1.82) is 0 Å². The highest BCUT2D eigenvalue weighted by molar-refractivity contribution is 7.89. The average molecular weight is 402 g/mol. The number of hydrogen-bond donors (Lipinski definition) is 2. The standard InChI is InChI=1S/C18H31N3O5S/c1-5-6-9-12-21(15(4)14(2)3)18(23)26-17(22)13-20-27(24,25)16-10-7-8-11-19-16/h7-8,10-11,14-15,17,20,22H,5-6,9,12-13H2,1-4H3/t15?,17-/m0/s1. The summed E-state index contributed by atoms with van der Waals surface area (Å²) in [6.45, 7) is 8.08. The molecule has 27 heavy (non-hydrogen) atoms. The van der Waals surface area contributed by atoms with E-state index in [0.717, 1.165) is 19.3 Å². The number of hydrogen-bond acceptors (Lipinski definition) is 6. The minimum absolute atomic E-state index is 0.0632. The summed E-state index contributed by atoms with van der Waals surface area (Å²) in [6.07, 6.45) is 1.95. The number of aromatic nitrogens is 1. The largest absolute Gasteiger partial charge is 0.418 e. The second-order valence-electron chi connectivity index (χ2n) is 6.74. The van der Waals surface area contributed by atoms with Crippen LogP contribution in [-0.2, 0) is 14.8 Å². The lowest BCUT2D eigenvalue weighted by Crippen LogP contribution is -2.45. The van der Waals surface area contributed by atoms with Gasteiger partial charge in [0.2, 0.25) is 6.29 Å². The molecule has 0 radical (unpaired) electrons. The highest BCUT2D eigenvalue weighted by Gasteiger charge is 2.26. The second-order valence-corrected chi connectivity index (χ2v) is 8.46. The first kappa shape index (κ1) is 23.3. The molecule has 1 rings (SSSR count). The first-order chi connectivity index (χ1) is 12.7. The van der Waals surface area contributed by atoms with Gasteiger partial charge in [-0.2, -0.15) is 0 Å². The Kier molecular flexibility index (Phi) is 9.68. The van der Waals surface area contributed by atoms with Crippen molar-refractivity contribution < 1.29 is 23.1 Å². The van der Waals surface area contributed by atoms with E-state index in [1.807, 2.05) is 20.8 Å². The molecule has 1 unspecified atom stereocenters. The van der Waals surface area contributed by atoms with Gasteiger partial charge in [-0.1, -0.05) is 39.7 Å². The van der Waals surface area contributed by atoms with Gasteiger partial charge in [0.1, 0.15) is 0 Å². The van der Waals surface area contributed by atoms with E-state index in [1.54, 1.807) is 17.0 Å². The summed E-state index contributed by atoms with van der Waals surface area (Å²) in [5.41, 5.74) is 0. The number of sulfonamides is 1. The fraction of sp³-hybridized carbons (Fsp3) is 0.667. The first-order valence-electron chi connectivity index (χ1n) is 9.25. The van der Waals surface area contributed by atoms with Crippen LogP contribution in [-0.4, -0.2) is 54.9 Å². The van der Waals surface area contributed by atoms with E-state index in [9.17, 15) is 18.3 Å². The maximum atomic E-state index is 12.4. The van der Waals surface area contributed by atoms with Gasteiger partial charge in [-0.15, -0.1) is 0 Å². The van der Waals surface area contributed by atoms with Crippen molar-refractivity contribution in [2.24, 2.45) is 5.92 Å². The minimum Gasteiger partial charge on any atom is -0.418 e. The van der Waals surface area contributed by atoms with Crippen molar-refractivity contribution in [3.05, 3.63) is 24.4 Å². The van der Waals surface area contributed by atoms with E-state index in [4.69, 9.17) is 4.74 Å².